The molecule has 2 aromatic rings. The molecule has 0 saturated carbocycles. The Morgan fingerprint density at radius 2 is 1.72 bits per heavy atom. The molecule has 0 heterocycles. The maximum Gasteiger partial charge on any atom is 0.415 e. The second-order valence-electron chi connectivity index (χ2n) is 6.82. The normalized spacial score (nSPS) is 10.9. The quantitative estimate of drug-likeness (QED) is 0.899. The first-order valence-corrected chi connectivity index (χ1v) is 8.17. The van der Waals surface area contributed by atoms with Gasteiger partial charge >= 0.3 is 6.09 Å². The molecule has 132 valence electrons. The number of hydrogen-bond donors (Lipinski definition) is 1. The third kappa shape index (κ3) is 5.95. The minimum Gasteiger partial charge on any atom is -0.443 e. The predicted molar refractivity (Wildman–Crippen MR) is 99.8 cm³/mol. The van der Waals surface area contributed by atoms with Crippen LogP contribution in [0.1, 0.15) is 26.3 Å². The van der Waals surface area contributed by atoms with Gasteiger partial charge in [0.15, 0.2) is 0 Å². The van der Waals surface area contributed by atoms with Gasteiger partial charge in [-0.2, -0.15) is 0 Å². The lowest BCUT2D eigenvalue weighted by atomic mass is 10.2. The molecule has 25 heavy (non-hydrogen) atoms. The van der Waals surface area contributed by atoms with E-state index in [1.165, 1.54) is 4.90 Å². The number of para-hydroxylation sites is 1. The molecular formula is C20H24N2O3. The van der Waals surface area contributed by atoms with E-state index < -0.39 is 11.7 Å². The summed E-state index contributed by atoms with van der Waals surface area (Å²) < 4.78 is 5.43. The van der Waals surface area contributed by atoms with Crippen molar-refractivity contribution in [2.24, 2.45) is 0 Å². The lowest BCUT2D eigenvalue weighted by Crippen LogP contribution is -2.41. The van der Waals surface area contributed by atoms with Crippen molar-refractivity contribution in [3.8, 4) is 0 Å². The van der Waals surface area contributed by atoms with Gasteiger partial charge in [0.05, 0.1) is 0 Å². The van der Waals surface area contributed by atoms with Gasteiger partial charge in [0.2, 0.25) is 5.91 Å². The van der Waals surface area contributed by atoms with Crippen LogP contribution in [0.25, 0.3) is 0 Å². The van der Waals surface area contributed by atoms with Crippen molar-refractivity contribution in [1.82, 2.24) is 0 Å². The minimum absolute atomic E-state index is 0.132. The Morgan fingerprint density at radius 3 is 2.32 bits per heavy atom. The van der Waals surface area contributed by atoms with E-state index in [-0.39, 0.29) is 12.5 Å². The molecule has 0 aliphatic rings. The van der Waals surface area contributed by atoms with E-state index >= 15 is 0 Å². The van der Waals surface area contributed by atoms with Crippen molar-refractivity contribution in [3.63, 3.8) is 0 Å². The molecule has 0 bridgehead atoms. The van der Waals surface area contributed by atoms with E-state index in [9.17, 15) is 9.59 Å². The molecule has 0 radical (unpaired) electrons. The second kappa shape index (κ2) is 7.83. The van der Waals surface area contributed by atoms with Crippen molar-refractivity contribution >= 4 is 23.4 Å². The Hall–Kier alpha value is -2.82. The van der Waals surface area contributed by atoms with Gasteiger partial charge in [0.1, 0.15) is 12.1 Å². The van der Waals surface area contributed by atoms with Crippen LogP contribution in [-0.4, -0.2) is 24.1 Å². The molecule has 2 aromatic carbocycles. The molecular weight excluding hydrogens is 316 g/mol. The highest BCUT2D eigenvalue weighted by molar-refractivity contribution is 6.00. The molecule has 0 aromatic heterocycles. The van der Waals surface area contributed by atoms with Crippen LogP contribution >= 0.6 is 0 Å². The van der Waals surface area contributed by atoms with E-state index in [0.717, 1.165) is 5.56 Å². The summed E-state index contributed by atoms with van der Waals surface area (Å²) in [4.78, 5) is 26.3. The lowest BCUT2D eigenvalue weighted by molar-refractivity contribution is -0.115. The maximum absolute atomic E-state index is 12.5. The summed E-state index contributed by atoms with van der Waals surface area (Å²) in [6.07, 6.45) is -0.557. The van der Waals surface area contributed by atoms with Gasteiger partial charge in [-0.1, -0.05) is 30.3 Å². The first kappa shape index (κ1) is 18.5. The van der Waals surface area contributed by atoms with Gasteiger partial charge < -0.3 is 10.1 Å². The van der Waals surface area contributed by atoms with Gasteiger partial charge in [-0.15, -0.1) is 0 Å². The molecule has 0 aliphatic carbocycles. The summed E-state index contributed by atoms with van der Waals surface area (Å²) in [6, 6.07) is 16.5. The molecule has 0 fully saturated rings. The molecule has 0 aliphatic heterocycles. The van der Waals surface area contributed by atoms with Gasteiger partial charge in [-0.25, -0.2) is 4.79 Å². The topological polar surface area (TPSA) is 58.6 Å². The van der Waals surface area contributed by atoms with Gasteiger partial charge in [-0.3, -0.25) is 9.69 Å². The van der Waals surface area contributed by atoms with Crippen LogP contribution in [0.4, 0.5) is 16.2 Å². The largest absolute Gasteiger partial charge is 0.443 e. The zero-order chi connectivity index (χ0) is 18.4. The van der Waals surface area contributed by atoms with E-state index in [4.69, 9.17) is 4.74 Å². The Bertz CT molecular complexity index is 736. The zero-order valence-electron chi connectivity index (χ0n) is 15.1. The fourth-order valence-electron chi connectivity index (χ4n) is 2.25. The number of hydrogen-bond acceptors (Lipinski definition) is 3. The van der Waals surface area contributed by atoms with Crippen molar-refractivity contribution in [2.75, 3.05) is 16.8 Å². The summed E-state index contributed by atoms with van der Waals surface area (Å²) in [5.41, 5.74) is 1.71. The van der Waals surface area contributed by atoms with Crippen LogP contribution in [0, 0.1) is 6.92 Å². The lowest BCUT2D eigenvalue weighted by Gasteiger charge is -2.27. The van der Waals surface area contributed by atoms with Crippen molar-refractivity contribution < 1.29 is 14.3 Å². The summed E-state index contributed by atoms with van der Waals surface area (Å²) >= 11 is 0. The second-order valence-corrected chi connectivity index (χ2v) is 6.82. The molecule has 2 rings (SSSR count). The standard InChI is InChI=1S/C20H24N2O3/c1-15-9-8-10-16(13-15)21-18(23)14-22(17-11-6-5-7-12-17)19(24)25-20(2,3)4/h5-13H,14H2,1-4H3,(H,21,23). The predicted octanol–water partition coefficient (Wildman–Crippen LogP) is 4.38. The van der Waals surface area contributed by atoms with Crippen molar-refractivity contribution in [2.45, 2.75) is 33.3 Å². The number of nitrogens with one attached hydrogen (secondary N) is 1. The van der Waals surface area contributed by atoms with Crippen LogP contribution in [0.2, 0.25) is 0 Å². The van der Waals surface area contributed by atoms with Crippen molar-refractivity contribution in [1.29, 1.82) is 0 Å². The average molecular weight is 340 g/mol. The summed E-state index contributed by atoms with van der Waals surface area (Å²) in [6.45, 7) is 7.20. The highest BCUT2D eigenvalue weighted by atomic mass is 16.6. The van der Waals surface area contributed by atoms with Crippen LogP contribution in [0.3, 0.4) is 0 Å². The smallest absolute Gasteiger partial charge is 0.415 e. The highest BCUT2D eigenvalue weighted by Gasteiger charge is 2.25. The Balaban J connectivity index is 2.15. The Labute approximate surface area is 148 Å². The Morgan fingerprint density at radius 1 is 1.04 bits per heavy atom. The highest BCUT2D eigenvalue weighted by Crippen LogP contribution is 2.18. The van der Waals surface area contributed by atoms with Crippen LogP contribution in [-0.2, 0) is 9.53 Å². The Kier molecular flexibility index (Phi) is 5.80. The molecule has 0 spiro atoms. The molecule has 0 atom stereocenters. The monoisotopic (exact) mass is 340 g/mol. The molecule has 1 N–H and O–H groups in total. The van der Waals surface area contributed by atoms with Gasteiger partial charge in [0, 0.05) is 11.4 Å². The van der Waals surface area contributed by atoms with E-state index in [0.29, 0.717) is 11.4 Å². The van der Waals surface area contributed by atoms with Crippen molar-refractivity contribution in [3.05, 3.63) is 60.2 Å². The van der Waals surface area contributed by atoms with Gasteiger partial charge in [-0.05, 0) is 57.5 Å². The molecule has 5 nitrogen and oxygen atoms in total. The zero-order valence-corrected chi connectivity index (χ0v) is 15.1. The van der Waals surface area contributed by atoms with E-state index in [1.807, 2.05) is 49.4 Å². The number of carbonyl (C=O) groups is 2. The SMILES string of the molecule is Cc1cccc(NC(=O)CN(C(=O)OC(C)(C)C)c2ccccc2)c1. The first-order valence-electron chi connectivity index (χ1n) is 8.17. The molecule has 2 amide bonds. The number of ether oxygens (including phenoxy) is 1. The minimum atomic E-state index is -0.642. The number of carbonyl (C=O) groups excluding carboxylic acids is 2. The third-order valence-corrected chi connectivity index (χ3v) is 3.29. The summed E-state index contributed by atoms with van der Waals surface area (Å²) in [7, 11) is 0. The number of anilines is 2. The molecule has 0 saturated heterocycles. The number of nitrogens with zero attached hydrogens (tertiary/aromatic N) is 1. The van der Waals surface area contributed by atoms with Crippen LogP contribution in [0.5, 0.6) is 0 Å². The number of aryl methyl sites for hydroxylation is 1. The maximum atomic E-state index is 12.5. The number of benzene rings is 2. The van der Waals surface area contributed by atoms with E-state index in [2.05, 4.69) is 5.32 Å². The number of amides is 2. The fourth-order valence-corrected chi connectivity index (χ4v) is 2.25. The summed E-state index contributed by atoms with van der Waals surface area (Å²) in [5, 5.41) is 2.81. The third-order valence-electron chi connectivity index (χ3n) is 3.29. The van der Waals surface area contributed by atoms with Gasteiger partial charge in [0.25, 0.3) is 0 Å². The van der Waals surface area contributed by atoms with Crippen LogP contribution < -0.4 is 10.2 Å². The summed E-state index contributed by atoms with van der Waals surface area (Å²) in [5.74, 6) is -0.291. The fraction of sp³-hybridized carbons (Fsp3) is 0.300. The molecule has 5 heteroatoms. The number of rotatable bonds is 4. The molecule has 0 unspecified atom stereocenters. The first-order chi connectivity index (χ1) is 11.7. The average Bonchev–Trinajstić information content (AvgIpc) is 2.51. The van der Waals surface area contributed by atoms with Crippen LogP contribution in [0.15, 0.2) is 54.6 Å². The van der Waals surface area contributed by atoms with E-state index in [1.54, 1.807) is 32.9 Å².